The summed E-state index contributed by atoms with van der Waals surface area (Å²) in [7, 11) is 0. The fraction of sp³-hybridized carbons (Fsp3) is 0.350. The molecule has 5 rings (SSSR count). The van der Waals surface area contributed by atoms with Crippen LogP contribution in [0.4, 0.5) is 0 Å². The topological polar surface area (TPSA) is 46.2 Å². The standard InChI is InChI=1S/C40H45ClO5/c1-5-22-43-37-25-35(41)32(23-29-18-20-33(21-19-29)42-7-3)24-34(37)39-40(45-27-31-16-12-9-13-17-31)38(28(4)36(6-2)46-39)44-26-30-14-10-8-11-15-30/h5,8-21,24-25,28,36,38-40H,1,6-7,22-23,26-27H2,2-4H3/t28-,36-,38+,39+,40-/m1/s1. The molecule has 6 heteroatoms. The number of hydrogen-bond donors (Lipinski definition) is 0. The summed E-state index contributed by atoms with van der Waals surface area (Å²) < 4.78 is 32.4. The number of rotatable bonds is 15. The van der Waals surface area contributed by atoms with Crippen molar-refractivity contribution in [3.8, 4) is 11.5 Å². The van der Waals surface area contributed by atoms with E-state index in [1.165, 1.54) is 0 Å². The Morgan fingerprint density at radius 1 is 0.783 bits per heavy atom. The molecule has 0 saturated carbocycles. The van der Waals surface area contributed by atoms with Crippen molar-refractivity contribution in [1.29, 1.82) is 0 Å². The average molecular weight is 641 g/mol. The lowest BCUT2D eigenvalue weighted by Crippen LogP contribution is -2.51. The predicted molar refractivity (Wildman–Crippen MR) is 185 cm³/mol. The number of hydrogen-bond acceptors (Lipinski definition) is 5. The molecule has 5 nitrogen and oxygen atoms in total. The van der Waals surface area contributed by atoms with Crippen molar-refractivity contribution in [2.24, 2.45) is 5.92 Å². The van der Waals surface area contributed by atoms with Crippen LogP contribution in [-0.4, -0.2) is 31.5 Å². The summed E-state index contributed by atoms with van der Waals surface area (Å²) in [6, 6.07) is 32.7. The van der Waals surface area contributed by atoms with Crippen LogP contribution in [0, 0.1) is 5.92 Å². The van der Waals surface area contributed by atoms with Gasteiger partial charge in [-0.1, -0.05) is 111 Å². The van der Waals surface area contributed by atoms with Gasteiger partial charge in [-0.2, -0.15) is 0 Å². The van der Waals surface area contributed by atoms with E-state index in [1.54, 1.807) is 6.08 Å². The molecular weight excluding hydrogens is 596 g/mol. The van der Waals surface area contributed by atoms with Crippen LogP contribution in [0.1, 0.15) is 61.1 Å². The van der Waals surface area contributed by atoms with E-state index in [0.717, 1.165) is 40.0 Å². The molecule has 1 aliphatic rings. The van der Waals surface area contributed by atoms with Crippen molar-refractivity contribution in [1.82, 2.24) is 0 Å². The molecule has 1 fully saturated rings. The molecule has 0 spiro atoms. The van der Waals surface area contributed by atoms with Crippen LogP contribution in [0.25, 0.3) is 0 Å². The molecule has 1 heterocycles. The van der Waals surface area contributed by atoms with E-state index in [2.05, 4.69) is 62.9 Å². The number of halogens is 1. The Kier molecular flexibility index (Phi) is 12.3. The molecule has 0 aliphatic carbocycles. The van der Waals surface area contributed by atoms with E-state index in [9.17, 15) is 0 Å². The molecule has 5 atom stereocenters. The fourth-order valence-electron chi connectivity index (χ4n) is 6.09. The first-order chi connectivity index (χ1) is 22.5. The van der Waals surface area contributed by atoms with Crippen LogP contribution in [0.2, 0.25) is 5.02 Å². The Bertz CT molecular complexity index is 1510. The second-order valence-electron chi connectivity index (χ2n) is 11.7. The molecule has 1 saturated heterocycles. The zero-order valence-corrected chi connectivity index (χ0v) is 27.8. The molecule has 0 N–H and O–H groups in total. The minimum atomic E-state index is -0.457. The Morgan fingerprint density at radius 3 is 2.00 bits per heavy atom. The highest BCUT2D eigenvalue weighted by Gasteiger charge is 2.46. The highest BCUT2D eigenvalue weighted by Crippen LogP contribution is 2.44. The van der Waals surface area contributed by atoms with E-state index >= 15 is 0 Å². The second-order valence-corrected chi connectivity index (χ2v) is 12.1. The molecule has 0 aromatic heterocycles. The van der Waals surface area contributed by atoms with Crippen LogP contribution in [0.5, 0.6) is 11.5 Å². The molecular formula is C40H45ClO5. The van der Waals surface area contributed by atoms with Gasteiger partial charge in [-0.15, -0.1) is 0 Å². The smallest absolute Gasteiger partial charge is 0.127 e. The maximum Gasteiger partial charge on any atom is 0.127 e. The minimum Gasteiger partial charge on any atom is -0.494 e. The van der Waals surface area contributed by atoms with E-state index in [4.69, 9.17) is 35.3 Å². The third-order valence-corrected chi connectivity index (χ3v) is 8.84. The lowest BCUT2D eigenvalue weighted by Gasteiger charge is -2.46. The van der Waals surface area contributed by atoms with Crippen LogP contribution in [-0.2, 0) is 33.8 Å². The van der Waals surface area contributed by atoms with E-state index in [0.29, 0.717) is 43.6 Å². The van der Waals surface area contributed by atoms with Crippen molar-refractivity contribution in [2.45, 2.75) is 71.2 Å². The van der Waals surface area contributed by atoms with Gasteiger partial charge in [0.2, 0.25) is 0 Å². The summed E-state index contributed by atoms with van der Waals surface area (Å²) in [4.78, 5) is 0. The van der Waals surface area contributed by atoms with E-state index < -0.39 is 12.2 Å². The first-order valence-corrected chi connectivity index (χ1v) is 16.6. The zero-order valence-electron chi connectivity index (χ0n) is 27.1. The Labute approximate surface area is 279 Å². The van der Waals surface area contributed by atoms with Gasteiger partial charge in [0.05, 0.1) is 32.0 Å². The fourth-order valence-corrected chi connectivity index (χ4v) is 6.31. The van der Waals surface area contributed by atoms with Crippen molar-refractivity contribution in [3.63, 3.8) is 0 Å². The Morgan fingerprint density at radius 2 is 1.41 bits per heavy atom. The van der Waals surface area contributed by atoms with Crippen LogP contribution in [0.3, 0.4) is 0 Å². The first kappa shape index (κ1) is 33.7. The normalized spacial score (nSPS) is 21.1. The van der Waals surface area contributed by atoms with Gasteiger partial charge in [-0.25, -0.2) is 0 Å². The summed E-state index contributed by atoms with van der Waals surface area (Å²) in [5.41, 5.74) is 5.20. The van der Waals surface area contributed by atoms with Gasteiger partial charge < -0.3 is 23.7 Å². The van der Waals surface area contributed by atoms with Crippen LogP contribution >= 0.6 is 11.6 Å². The van der Waals surface area contributed by atoms with Crippen molar-refractivity contribution >= 4 is 11.6 Å². The van der Waals surface area contributed by atoms with Gasteiger partial charge in [0.15, 0.2) is 0 Å². The molecule has 242 valence electrons. The molecule has 46 heavy (non-hydrogen) atoms. The molecule has 1 aliphatic heterocycles. The highest BCUT2D eigenvalue weighted by molar-refractivity contribution is 6.31. The predicted octanol–water partition coefficient (Wildman–Crippen LogP) is 9.55. The van der Waals surface area contributed by atoms with Crippen LogP contribution in [0.15, 0.2) is 110 Å². The molecule has 4 aromatic carbocycles. The van der Waals surface area contributed by atoms with E-state index in [1.807, 2.05) is 61.5 Å². The summed E-state index contributed by atoms with van der Waals surface area (Å²) in [5.74, 6) is 1.60. The second kappa shape index (κ2) is 16.8. The van der Waals surface area contributed by atoms with Gasteiger partial charge in [-0.3, -0.25) is 0 Å². The van der Waals surface area contributed by atoms with Gasteiger partial charge in [0.25, 0.3) is 0 Å². The van der Waals surface area contributed by atoms with Crippen LogP contribution < -0.4 is 9.47 Å². The van der Waals surface area contributed by atoms with Crippen molar-refractivity contribution < 1.29 is 23.7 Å². The summed E-state index contributed by atoms with van der Waals surface area (Å²) in [6.45, 7) is 12.1. The zero-order chi connectivity index (χ0) is 32.3. The summed E-state index contributed by atoms with van der Waals surface area (Å²) >= 11 is 6.93. The number of ether oxygens (including phenoxy) is 5. The van der Waals surface area contributed by atoms with Crippen molar-refractivity contribution in [3.05, 3.63) is 143 Å². The third kappa shape index (κ3) is 8.59. The van der Waals surface area contributed by atoms with E-state index in [-0.39, 0.29) is 18.1 Å². The largest absolute Gasteiger partial charge is 0.494 e. The SMILES string of the molecule is C=CCOc1cc(Cl)c(Cc2ccc(OCC)cc2)cc1[C@@H]1O[C@H](CC)[C@@H](C)[C@H](OCc2ccccc2)[C@H]1OCc1ccccc1. The Balaban J connectivity index is 1.53. The van der Waals surface area contributed by atoms with Gasteiger partial charge in [0.1, 0.15) is 30.3 Å². The maximum absolute atomic E-state index is 6.96. The summed E-state index contributed by atoms with van der Waals surface area (Å²) in [6.07, 6.45) is 2.08. The number of benzene rings is 4. The molecule has 0 bridgehead atoms. The minimum absolute atomic E-state index is 0.0418. The molecule has 4 aromatic rings. The average Bonchev–Trinajstić information content (AvgIpc) is 3.09. The maximum atomic E-state index is 6.96. The lowest BCUT2D eigenvalue weighted by atomic mass is 9.83. The molecule has 0 amide bonds. The molecule has 0 radical (unpaired) electrons. The lowest BCUT2D eigenvalue weighted by molar-refractivity contribution is -0.235. The van der Waals surface area contributed by atoms with Gasteiger partial charge >= 0.3 is 0 Å². The van der Waals surface area contributed by atoms with Crippen molar-refractivity contribution in [2.75, 3.05) is 13.2 Å². The van der Waals surface area contributed by atoms with Gasteiger partial charge in [-0.05, 0) is 66.3 Å². The Hall–Kier alpha value is -3.61. The summed E-state index contributed by atoms with van der Waals surface area (Å²) in [5, 5.41) is 0.631. The monoisotopic (exact) mass is 640 g/mol. The molecule has 0 unspecified atom stereocenters. The first-order valence-electron chi connectivity index (χ1n) is 16.2. The third-order valence-electron chi connectivity index (χ3n) is 8.49. The van der Waals surface area contributed by atoms with Gasteiger partial charge in [0, 0.05) is 16.5 Å². The quantitative estimate of drug-likeness (QED) is 0.121. The highest BCUT2D eigenvalue weighted by atomic mass is 35.5.